The van der Waals surface area contributed by atoms with Crippen molar-refractivity contribution < 1.29 is 14.3 Å². The molecule has 2 aliphatic rings. The summed E-state index contributed by atoms with van der Waals surface area (Å²) < 4.78 is 5.83. The highest BCUT2D eigenvalue weighted by Crippen LogP contribution is 2.31. The first kappa shape index (κ1) is 19.1. The Kier molecular flexibility index (Phi) is 5.47. The molecule has 28 heavy (non-hydrogen) atoms. The number of halogens is 2. The van der Waals surface area contributed by atoms with E-state index in [4.69, 9.17) is 27.9 Å². The number of hydrogen-bond acceptors (Lipinski definition) is 3. The lowest BCUT2D eigenvalue weighted by Gasteiger charge is -2.37. The summed E-state index contributed by atoms with van der Waals surface area (Å²) in [5, 5.41) is 3.52. The van der Waals surface area contributed by atoms with Crippen molar-refractivity contribution in [2.75, 3.05) is 18.5 Å². The quantitative estimate of drug-likeness (QED) is 0.744. The molecule has 0 spiro atoms. The average molecular weight is 419 g/mol. The third kappa shape index (κ3) is 3.82. The highest BCUT2D eigenvalue weighted by molar-refractivity contribution is 6.42. The molecule has 2 heterocycles. The van der Waals surface area contributed by atoms with Crippen LogP contribution in [0.1, 0.15) is 46.4 Å². The Bertz CT molecular complexity index is 932. The van der Waals surface area contributed by atoms with Gasteiger partial charge in [0.2, 0.25) is 0 Å². The van der Waals surface area contributed by atoms with Crippen LogP contribution in [0.15, 0.2) is 36.4 Å². The number of hydrogen-bond donors (Lipinski definition) is 1. The smallest absolute Gasteiger partial charge is 0.257 e. The molecule has 0 aromatic heterocycles. The number of nitrogens with zero attached hydrogens (tertiary/aromatic N) is 1. The first-order valence-electron chi connectivity index (χ1n) is 9.37. The number of rotatable bonds is 2. The Morgan fingerprint density at radius 2 is 1.93 bits per heavy atom. The molecule has 0 bridgehead atoms. The lowest BCUT2D eigenvalue weighted by atomic mass is 9.97. The lowest BCUT2D eigenvalue weighted by molar-refractivity contribution is 0.0548. The van der Waals surface area contributed by atoms with E-state index in [1.165, 1.54) is 6.07 Å². The van der Waals surface area contributed by atoms with Gasteiger partial charge >= 0.3 is 0 Å². The molecule has 0 saturated carbocycles. The van der Waals surface area contributed by atoms with Crippen LogP contribution in [0.3, 0.4) is 0 Å². The van der Waals surface area contributed by atoms with Gasteiger partial charge in [-0.3, -0.25) is 9.59 Å². The second-order valence-electron chi connectivity index (χ2n) is 7.08. The highest BCUT2D eigenvalue weighted by atomic mass is 35.5. The summed E-state index contributed by atoms with van der Waals surface area (Å²) in [4.78, 5) is 27.6. The fourth-order valence-electron chi connectivity index (χ4n) is 3.77. The van der Waals surface area contributed by atoms with E-state index >= 15 is 0 Å². The number of carbonyl (C=O) groups excluding carboxylic acids is 2. The summed E-state index contributed by atoms with van der Waals surface area (Å²) in [6, 6.07) is 10.1. The van der Waals surface area contributed by atoms with Crippen LogP contribution in [0.5, 0.6) is 5.75 Å². The number of fused-ring (bicyclic) bond motifs is 2. The normalized spacial score (nSPS) is 19.0. The first-order chi connectivity index (χ1) is 13.5. The minimum Gasteiger partial charge on any atom is -0.493 e. The van der Waals surface area contributed by atoms with Gasteiger partial charge < -0.3 is 15.0 Å². The largest absolute Gasteiger partial charge is 0.493 e. The zero-order chi connectivity index (χ0) is 19.7. The van der Waals surface area contributed by atoms with Gasteiger partial charge in [0, 0.05) is 30.3 Å². The van der Waals surface area contributed by atoms with Crippen LogP contribution in [0.25, 0.3) is 0 Å². The molecule has 1 atom stereocenters. The van der Waals surface area contributed by atoms with E-state index < -0.39 is 0 Å². The van der Waals surface area contributed by atoms with Crippen LogP contribution in [-0.2, 0) is 0 Å². The predicted octanol–water partition coefficient (Wildman–Crippen LogP) is 5.02. The summed E-state index contributed by atoms with van der Waals surface area (Å²) >= 11 is 11.9. The molecule has 7 heteroatoms. The third-order valence-electron chi connectivity index (χ3n) is 5.25. The van der Waals surface area contributed by atoms with Gasteiger partial charge in [0.05, 0.1) is 22.2 Å². The SMILES string of the molecule is O=C(Nc1ccc2c(c1)C(=O)N1CCCCC1CCO2)c1ccc(Cl)c(Cl)c1. The summed E-state index contributed by atoms with van der Waals surface area (Å²) in [5.41, 5.74) is 1.40. The number of nitrogens with one attached hydrogen (secondary N) is 1. The van der Waals surface area contributed by atoms with E-state index in [0.29, 0.717) is 39.2 Å². The average Bonchev–Trinajstić information content (AvgIpc) is 2.69. The first-order valence-corrected chi connectivity index (χ1v) is 10.1. The number of piperidine rings is 1. The monoisotopic (exact) mass is 418 g/mol. The van der Waals surface area contributed by atoms with Crippen molar-refractivity contribution in [2.24, 2.45) is 0 Å². The molecule has 2 aliphatic heterocycles. The van der Waals surface area contributed by atoms with Crippen LogP contribution in [0.4, 0.5) is 5.69 Å². The Hall–Kier alpha value is -2.24. The molecule has 1 fully saturated rings. The van der Waals surface area contributed by atoms with Crippen molar-refractivity contribution in [3.8, 4) is 5.75 Å². The summed E-state index contributed by atoms with van der Waals surface area (Å²) in [7, 11) is 0. The van der Waals surface area contributed by atoms with Crippen LogP contribution in [0, 0.1) is 0 Å². The maximum Gasteiger partial charge on any atom is 0.257 e. The maximum absolute atomic E-state index is 13.1. The Morgan fingerprint density at radius 3 is 2.75 bits per heavy atom. The van der Waals surface area contributed by atoms with Crippen molar-refractivity contribution in [1.29, 1.82) is 0 Å². The minimum absolute atomic E-state index is 0.0370. The molecule has 5 nitrogen and oxygen atoms in total. The van der Waals surface area contributed by atoms with Crippen LogP contribution in [-0.4, -0.2) is 35.9 Å². The fourth-order valence-corrected chi connectivity index (χ4v) is 4.07. The van der Waals surface area contributed by atoms with E-state index in [0.717, 1.165) is 32.2 Å². The summed E-state index contributed by atoms with van der Waals surface area (Å²) in [6.07, 6.45) is 4.02. The highest BCUT2D eigenvalue weighted by Gasteiger charge is 2.31. The summed E-state index contributed by atoms with van der Waals surface area (Å²) in [6.45, 7) is 1.35. The minimum atomic E-state index is -0.325. The molecule has 146 valence electrons. The maximum atomic E-state index is 13.1. The van der Waals surface area contributed by atoms with Crippen molar-refractivity contribution >= 4 is 40.7 Å². The number of amides is 2. The van der Waals surface area contributed by atoms with Crippen LogP contribution in [0.2, 0.25) is 10.0 Å². The second-order valence-corrected chi connectivity index (χ2v) is 7.89. The molecule has 1 saturated heterocycles. The second kappa shape index (κ2) is 8.02. The molecular formula is C21H20Cl2N2O3. The topological polar surface area (TPSA) is 58.6 Å². The van der Waals surface area contributed by atoms with Crippen LogP contribution < -0.4 is 10.1 Å². The molecule has 1 N–H and O–H groups in total. The molecule has 1 unspecified atom stereocenters. The van der Waals surface area contributed by atoms with Gasteiger partial charge in [-0.05, 0) is 55.7 Å². The Balaban J connectivity index is 1.59. The van der Waals surface area contributed by atoms with Crippen molar-refractivity contribution in [2.45, 2.75) is 31.7 Å². The van der Waals surface area contributed by atoms with Gasteiger partial charge in [0.25, 0.3) is 11.8 Å². The lowest BCUT2D eigenvalue weighted by Crippen LogP contribution is -2.45. The third-order valence-corrected chi connectivity index (χ3v) is 5.99. The molecule has 0 radical (unpaired) electrons. The Labute approximate surface area is 173 Å². The van der Waals surface area contributed by atoms with Gasteiger partial charge in [-0.2, -0.15) is 0 Å². The summed E-state index contributed by atoms with van der Waals surface area (Å²) in [5.74, 6) is 0.195. The van der Waals surface area contributed by atoms with Crippen molar-refractivity contribution in [1.82, 2.24) is 4.90 Å². The predicted molar refractivity (Wildman–Crippen MR) is 110 cm³/mol. The van der Waals surface area contributed by atoms with Gasteiger partial charge in [0.15, 0.2) is 0 Å². The molecular weight excluding hydrogens is 399 g/mol. The van der Waals surface area contributed by atoms with Crippen molar-refractivity contribution in [3.05, 3.63) is 57.6 Å². The van der Waals surface area contributed by atoms with Crippen molar-refractivity contribution in [3.63, 3.8) is 0 Å². The number of anilines is 1. The van der Waals surface area contributed by atoms with E-state index in [1.807, 2.05) is 4.90 Å². The van der Waals surface area contributed by atoms with Gasteiger partial charge in [-0.15, -0.1) is 0 Å². The van der Waals surface area contributed by atoms with E-state index in [1.54, 1.807) is 30.3 Å². The van der Waals surface area contributed by atoms with Gasteiger partial charge in [0.1, 0.15) is 5.75 Å². The number of benzene rings is 2. The number of carbonyl (C=O) groups is 2. The zero-order valence-electron chi connectivity index (χ0n) is 15.2. The molecule has 2 aromatic carbocycles. The van der Waals surface area contributed by atoms with Crippen LogP contribution >= 0.6 is 23.2 Å². The van der Waals surface area contributed by atoms with E-state index in [-0.39, 0.29) is 17.9 Å². The fraction of sp³-hybridized carbons (Fsp3) is 0.333. The van der Waals surface area contributed by atoms with Gasteiger partial charge in [-0.1, -0.05) is 23.2 Å². The zero-order valence-corrected chi connectivity index (χ0v) is 16.7. The molecule has 0 aliphatic carbocycles. The standard InChI is InChI=1S/C21H20Cl2N2O3/c22-17-6-4-13(11-18(17)23)20(26)24-14-5-7-19-16(12-14)21(27)25-9-2-1-3-15(25)8-10-28-19/h4-7,11-12,15H,1-3,8-10H2,(H,24,26). The molecule has 4 rings (SSSR count). The number of ether oxygens (including phenoxy) is 1. The van der Waals surface area contributed by atoms with E-state index in [2.05, 4.69) is 5.32 Å². The molecule has 2 aromatic rings. The molecule has 2 amide bonds. The Morgan fingerprint density at radius 1 is 1.07 bits per heavy atom. The van der Waals surface area contributed by atoms with Gasteiger partial charge in [-0.25, -0.2) is 0 Å². The van der Waals surface area contributed by atoms with E-state index in [9.17, 15) is 9.59 Å².